The van der Waals surface area contributed by atoms with Crippen molar-refractivity contribution in [2.45, 2.75) is 45.8 Å². The Labute approximate surface area is 123 Å². The van der Waals surface area contributed by atoms with Crippen LogP contribution in [0, 0.1) is 11.6 Å². The van der Waals surface area contributed by atoms with E-state index in [2.05, 4.69) is 0 Å². The molecule has 0 spiro atoms. The van der Waals surface area contributed by atoms with Crippen LogP contribution in [0.5, 0.6) is 0 Å². The standard InChI is InChI=1S/C15H18BF3O2/c1-9(11-7-6-10(17)8-12(11)18)13(19)16-20-14(2,3)15(4,5)21-16/h6-8H,1-5H3. The Hall–Kier alpha value is -1.27. The number of hydrogen-bond donors (Lipinski definition) is 0. The van der Waals surface area contributed by atoms with Gasteiger partial charge in [0.2, 0.25) is 0 Å². The molecule has 0 saturated carbocycles. The predicted octanol–water partition coefficient (Wildman–Crippen LogP) is 4.30. The van der Waals surface area contributed by atoms with Crippen LogP contribution in [0.25, 0.3) is 5.57 Å². The summed E-state index contributed by atoms with van der Waals surface area (Å²) in [6, 6.07) is 3.00. The molecule has 0 unspecified atom stereocenters. The number of benzene rings is 1. The Balaban J connectivity index is 2.36. The van der Waals surface area contributed by atoms with Gasteiger partial charge in [-0.25, -0.2) is 13.2 Å². The first-order chi connectivity index (χ1) is 9.55. The summed E-state index contributed by atoms with van der Waals surface area (Å²) in [5, 5.41) is 0. The minimum atomic E-state index is -1.19. The van der Waals surface area contributed by atoms with Crippen LogP contribution in [0.4, 0.5) is 13.2 Å². The largest absolute Gasteiger partial charge is 0.525 e. The second-order valence-corrected chi connectivity index (χ2v) is 6.19. The molecule has 0 atom stereocenters. The molecule has 0 radical (unpaired) electrons. The maximum absolute atomic E-state index is 14.5. The SMILES string of the molecule is CC(=C(F)B1OC(C)(C)C(C)(C)O1)c1ccc(F)cc1F. The molecule has 1 aliphatic rings. The van der Waals surface area contributed by atoms with Crippen molar-refractivity contribution in [1.82, 2.24) is 0 Å². The summed E-state index contributed by atoms with van der Waals surface area (Å²) in [6.07, 6.45) is 0. The summed E-state index contributed by atoms with van der Waals surface area (Å²) in [5.74, 6) is -1.53. The molecule has 1 heterocycles. The van der Waals surface area contributed by atoms with Crippen LogP contribution < -0.4 is 0 Å². The molecule has 0 aliphatic carbocycles. The van der Waals surface area contributed by atoms with Crippen LogP contribution in [-0.2, 0) is 9.31 Å². The Morgan fingerprint density at radius 1 is 1.05 bits per heavy atom. The molecular weight excluding hydrogens is 280 g/mol. The zero-order valence-electron chi connectivity index (χ0n) is 12.8. The van der Waals surface area contributed by atoms with E-state index in [1.54, 1.807) is 27.7 Å². The number of hydrogen-bond acceptors (Lipinski definition) is 2. The van der Waals surface area contributed by atoms with E-state index in [1.165, 1.54) is 13.0 Å². The van der Waals surface area contributed by atoms with E-state index >= 15 is 0 Å². The highest BCUT2D eigenvalue weighted by atomic mass is 19.1. The molecule has 2 nitrogen and oxygen atoms in total. The molecule has 2 rings (SSSR count). The maximum atomic E-state index is 14.5. The van der Waals surface area contributed by atoms with Gasteiger partial charge in [0.15, 0.2) is 0 Å². The Morgan fingerprint density at radius 2 is 1.57 bits per heavy atom. The third kappa shape index (κ3) is 2.87. The van der Waals surface area contributed by atoms with Gasteiger partial charge in [-0.2, -0.15) is 0 Å². The van der Waals surface area contributed by atoms with Crippen molar-refractivity contribution >= 4 is 12.7 Å². The minimum absolute atomic E-state index is 0.0105. The fourth-order valence-corrected chi connectivity index (χ4v) is 2.05. The first kappa shape index (κ1) is 16.1. The summed E-state index contributed by atoms with van der Waals surface area (Å²) in [5.41, 5.74) is -2.05. The number of halogens is 3. The van der Waals surface area contributed by atoms with Crippen molar-refractivity contribution in [3.05, 3.63) is 41.1 Å². The molecule has 1 saturated heterocycles. The van der Waals surface area contributed by atoms with Crippen LogP contribution in [-0.4, -0.2) is 18.3 Å². The third-order valence-corrected chi connectivity index (χ3v) is 4.15. The molecule has 0 aromatic heterocycles. The molecule has 1 aromatic rings. The predicted molar refractivity (Wildman–Crippen MR) is 76.1 cm³/mol. The molecule has 114 valence electrons. The molecule has 1 fully saturated rings. The van der Waals surface area contributed by atoms with E-state index in [-0.39, 0.29) is 11.1 Å². The van der Waals surface area contributed by atoms with Crippen molar-refractivity contribution < 1.29 is 22.5 Å². The van der Waals surface area contributed by atoms with Crippen molar-refractivity contribution in [2.24, 2.45) is 0 Å². The first-order valence-electron chi connectivity index (χ1n) is 6.72. The van der Waals surface area contributed by atoms with Gasteiger partial charge in [0.25, 0.3) is 0 Å². The number of rotatable bonds is 2. The Bertz CT molecular complexity index is 581. The van der Waals surface area contributed by atoms with Crippen molar-refractivity contribution in [3.63, 3.8) is 0 Å². The second-order valence-electron chi connectivity index (χ2n) is 6.19. The molecule has 0 amide bonds. The fourth-order valence-electron chi connectivity index (χ4n) is 2.05. The van der Waals surface area contributed by atoms with E-state index in [9.17, 15) is 13.2 Å². The highest BCUT2D eigenvalue weighted by Gasteiger charge is 2.53. The Kier molecular flexibility index (Phi) is 3.97. The lowest BCUT2D eigenvalue weighted by Crippen LogP contribution is -2.41. The first-order valence-corrected chi connectivity index (χ1v) is 6.72. The molecule has 1 aliphatic heterocycles. The van der Waals surface area contributed by atoms with Crippen LogP contribution in [0.2, 0.25) is 0 Å². The lowest BCUT2D eigenvalue weighted by atomic mass is 9.83. The summed E-state index contributed by atoms with van der Waals surface area (Å²) in [6.45, 7) is 8.61. The molecule has 0 N–H and O–H groups in total. The summed E-state index contributed by atoms with van der Waals surface area (Å²) in [7, 11) is -1.19. The van der Waals surface area contributed by atoms with Gasteiger partial charge in [-0.15, -0.1) is 0 Å². The van der Waals surface area contributed by atoms with E-state index in [4.69, 9.17) is 9.31 Å². The Morgan fingerprint density at radius 3 is 2.05 bits per heavy atom. The average molecular weight is 298 g/mol. The van der Waals surface area contributed by atoms with E-state index in [0.717, 1.165) is 12.1 Å². The lowest BCUT2D eigenvalue weighted by molar-refractivity contribution is 0.00578. The number of allylic oxidation sites excluding steroid dienone is 1. The topological polar surface area (TPSA) is 18.5 Å². The second kappa shape index (κ2) is 5.18. The third-order valence-electron chi connectivity index (χ3n) is 4.15. The van der Waals surface area contributed by atoms with Gasteiger partial charge in [0.1, 0.15) is 17.4 Å². The normalized spacial score (nSPS) is 21.4. The van der Waals surface area contributed by atoms with Gasteiger partial charge >= 0.3 is 7.12 Å². The van der Waals surface area contributed by atoms with Gasteiger partial charge in [0, 0.05) is 11.6 Å². The summed E-state index contributed by atoms with van der Waals surface area (Å²) >= 11 is 0. The van der Waals surface area contributed by atoms with Gasteiger partial charge in [-0.05, 0) is 52.3 Å². The van der Waals surface area contributed by atoms with E-state index in [0.29, 0.717) is 0 Å². The highest BCUT2D eigenvalue weighted by molar-refractivity contribution is 6.55. The van der Waals surface area contributed by atoms with Crippen LogP contribution in [0.3, 0.4) is 0 Å². The van der Waals surface area contributed by atoms with E-state index < -0.39 is 35.7 Å². The fraction of sp³-hybridized carbons (Fsp3) is 0.467. The zero-order chi connectivity index (χ0) is 16.0. The molecule has 1 aromatic carbocycles. The smallest absolute Gasteiger partial charge is 0.398 e. The van der Waals surface area contributed by atoms with E-state index in [1.807, 2.05) is 0 Å². The van der Waals surface area contributed by atoms with Gasteiger partial charge in [-0.3, -0.25) is 0 Å². The highest BCUT2D eigenvalue weighted by Crippen LogP contribution is 2.40. The van der Waals surface area contributed by atoms with Gasteiger partial charge < -0.3 is 9.31 Å². The average Bonchev–Trinajstić information content (AvgIpc) is 2.57. The van der Waals surface area contributed by atoms with Crippen LogP contribution in [0.15, 0.2) is 23.9 Å². The van der Waals surface area contributed by atoms with Crippen molar-refractivity contribution in [2.75, 3.05) is 0 Å². The molecule has 0 bridgehead atoms. The lowest BCUT2D eigenvalue weighted by Gasteiger charge is -2.32. The molecule has 6 heteroatoms. The minimum Gasteiger partial charge on any atom is -0.398 e. The van der Waals surface area contributed by atoms with Crippen LogP contribution >= 0.6 is 0 Å². The van der Waals surface area contributed by atoms with Crippen molar-refractivity contribution in [1.29, 1.82) is 0 Å². The maximum Gasteiger partial charge on any atom is 0.525 e. The van der Waals surface area contributed by atoms with Gasteiger partial charge in [0.05, 0.1) is 11.2 Å². The van der Waals surface area contributed by atoms with Crippen LogP contribution in [0.1, 0.15) is 40.2 Å². The quantitative estimate of drug-likeness (QED) is 0.758. The summed E-state index contributed by atoms with van der Waals surface area (Å²) in [4.78, 5) is 0. The summed E-state index contributed by atoms with van der Waals surface area (Å²) < 4.78 is 52.3. The zero-order valence-corrected chi connectivity index (χ0v) is 12.8. The molecular formula is C15H18BF3O2. The monoisotopic (exact) mass is 298 g/mol. The van der Waals surface area contributed by atoms with Gasteiger partial charge in [-0.1, -0.05) is 0 Å². The van der Waals surface area contributed by atoms with Crippen molar-refractivity contribution in [3.8, 4) is 0 Å². The molecule has 21 heavy (non-hydrogen) atoms.